The van der Waals surface area contributed by atoms with Gasteiger partial charge in [-0.3, -0.25) is 4.55 Å². The van der Waals surface area contributed by atoms with Gasteiger partial charge in [-0.1, -0.05) is 0 Å². The lowest BCUT2D eigenvalue weighted by atomic mass is 10.3. The van der Waals surface area contributed by atoms with E-state index in [2.05, 4.69) is 22.6 Å². The van der Waals surface area contributed by atoms with E-state index in [1.54, 1.807) is 69.4 Å². The van der Waals surface area contributed by atoms with Crippen LogP contribution in [0.3, 0.4) is 0 Å². The molecule has 0 saturated carbocycles. The molecule has 0 unspecified atom stereocenters. The van der Waals surface area contributed by atoms with Crippen molar-refractivity contribution >= 4 is 89.8 Å². The van der Waals surface area contributed by atoms with Crippen LogP contribution in [0.4, 0.5) is 0 Å². The summed E-state index contributed by atoms with van der Waals surface area (Å²) < 4.78 is 43.3. The normalized spacial score (nSPS) is 11.4. The summed E-state index contributed by atoms with van der Waals surface area (Å²) in [5.41, 5.74) is 0. The van der Waals surface area contributed by atoms with Gasteiger partial charge in [-0.25, -0.2) is 9.59 Å². The Kier molecular flexibility index (Phi) is 8.02. The van der Waals surface area contributed by atoms with E-state index in [1.165, 1.54) is 12.1 Å². The molecule has 0 aliphatic heterocycles. The van der Waals surface area contributed by atoms with Crippen LogP contribution in [-0.4, -0.2) is 24.9 Å². The lowest BCUT2D eigenvalue weighted by Gasteiger charge is -2.08. The Morgan fingerprint density at radius 2 is 1.30 bits per heavy atom. The van der Waals surface area contributed by atoms with Gasteiger partial charge in [0.1, 0.15) is 16.4 Å². The smallest absolute Gasteiger partial charge is 0.336 e. The second-order valence-corrected chi connectivity index (χ2v) is 9.75. The van der Waals surface area contributed by atoms with Crippen molar-refractivity contribution in [2.75, 3.05) is 0 Å². The highest BCUT2D eigenvalue weighted by molar-refractivity contribution is 14.1. The molecule has 0 aromatic heterocycles. The Bertz CT molecular complexity index is 992. The van der Waals surface area contributed by atoms with Crippen molar-refractivity contribution in [2.45, 2.75) is 4.90 Å². The first kappa shape index (κ1) is 22.5. The summed E-state index contributed by atoms with van der Waals surface area (Å²) in [6.45, 7) is 0. The van der Waals surface area contributed by atoms with Gasteiger partial charge in [0.2, 0.25) is 0 Å². The van der Waals surface area contributed by atoms with Crippen LogP contribution in [0.1, 0.15) is 0 Å². The number of carbonyl (C=O) groups excluding carboxylic acids is 2. The van der Waals surface area contributed by atoms with Gasteiger partial charge in [0.25, 0.3) is 10.1 Å². The van der Waals surface area contributed by atoms with Gasteiger partial charge < -0.3 is 9.47 Å². The maximum absolute atomic E-state index is 11.8. The fourth-order valence-electron chi connectivity index (χ4n) is 1.78. The van der Waals surface area contributed by atoms with Gasteiger partial charge in [-0.15, -0.1) is 0 Å². The maximum atomic E-state index is 11.8. The molecule has 7 nitrogen and oxygen atoms in total. The molecule has 2 rings (SSSR count). The average Bonchev–Trinajstić information content (AvgIpc) is 2.53. The molecule has 0 radical (unpaired) electrons. The summed E-state index contributed by atoms with van der Waals surface area (Å²) in [6.07, 6.45) is 1.81. The summed E-state index contributed by atoms with van der Waals surface area (Å²) in [5, 5.41) is 0. The monoisotopic (exact) mass is 726 g/mol. The molecule has 0 atom stereocenters. The first-order valence-corrected chi connectivity index (χ1v) is 11.6. The summed E-state index contributed by atoms with van der Waals surface area (Å²) in [5.74, 6) is -1.19. The molecule has 2 aromatic carbocycles. The summed E-state index contributed by atoms with van der Waals surface area (Å²) in [6, 6.07) is 9.32. The molecule has 0 fully saturated rings. The average molecular weight is 726 g/mol. The number of halogens is 3. The van der Waals surface area contributed by atoms with Crippen molar-refractivity contribution in [1.82, 2.24) is 0 Å². The quantitative estimate of drug-likeness (QED) is 0.164. The van der Waals surface area contributed by atoms with Crippen LogP contribution in [0.2, 0.25) is 0 Å². The number of benzene rings is 2. The van der Waals surface area contributed by atoms with Crippen LogP contribution in [0.25, 0.3) is 0 Å². The number of carbonyl (C=O) groups is 2. The zero-order valence-corrected chi connectivity index (χ0v) is 20.3. The van der Waals surface area contributed by atoms with Crippen LogP contribution < -0.4 is 9.47 Å². The van der Waals surface area contributed by atoms with Crippen molar-refractivity contribution in [3.63, 3.8) is 0 Å². The SMILES string of the molecule is O=C(/C=C/C(=O)Oc1cc(I)c(S(=O)(=O)O)c(I)c1)Oc1ccc(I)cc1. The van der Waals surface area contributed by atoms with E-state index >= 15 is 0 Å². The lowest BCUT2D eigenvalue weighted by Crippen LogP contribution is -2.09. The molecule has 2 aromatic rings. The fraction of sp³-hybridized carbons (Fsp3) is 0. The molecular weight excluding hydrogens is 717 g/mol. The minimum absolute atomic E-state index is 0.0665. The zero-order valence-electron chi connectivity index (χ0n) is 13.1. The van der Waals surface area contributed by atoms with Gasteiger partial charge in [0.15, 0.2) is 0 Å². The third kappa shape index (κ3) is 6.95. The highest BCUT2D eigenvalue weighted by Crippen LogP contribution is 2.29. The van der Waals surface area contributed by atoms with Crippen LogP contribution in [-0.2, 0) is 19.7 Å². The molecule has 0 heterocycles. The second-order valence-electron chi connectivity index (χ2n) is 4.82. The standard InChI is InChI=1S/C16H9I3O7S/c17-9-1-3-10(4-2-9)25-14(20)5-6-15(21)26-11-7-12(18)16(13(19)8-11)27(22,23)24/h1-8H,(H,22,23,24)/b6-5+. The topological polar surface area (TPSA) is 107 Å². The predicted octanol–water partition coefficient (Wildman–Crippen LogP) is 3.81. The van der Waals surface area contributed by atoms with E-state index in [4.69, 9.17) is 9.47 Å². The minimum atomic E-state index is -4.39. The molecule has 142 valence electrons. The third-order valence-corrected chi connectivity index (χ3v) is 6.94. The molecule has 27 heavy (non-hydrogen) atoms. The van der Waals surface area contributed by atoms with Gasteiger partial charge in [0.05, 0.1) is 0 Å². The van der Waals surface area contributed by atoms with Gasteiger partial charge >= 0.3 is 11.9 Å². The largest absolute Gasteiger partial charge is 0.423 e. The van der Waals surface area contributed by atoms with Crippen LogP contribution in [0, 0.1) is 10.7 Å². The van der Waals surface area contributed by atoms with E-state index in [0.29, 0.717) is 5.75 Å². The molecule has 11 heteroatoms. The van der Waals surface area contributed by atoms with Crippen molar-refractivity contribution in [2.24, 2.45) is 0 Å². The molecule has 0 bridgehead atoms. The first-order valence-electron chi connectivity index (χ1n) is 6.90. The van der Waals surface area contributed by atoms with E-state index in [-0.39, 0.29) is 17.8 Å². The third-order valence-electron chi connectivity index (χ3n) is 2.84. The Balaban J connectivity index is 2.03. The fourth-order valence-corrected chi connectivity index (χ4v) is 6.13. The Morgan fingerprint density at radius 3 is 1.74 bits per heavy atom. The van der Waals surface area contributed by atoms with Crippen LogP contribution in [0.15, 0.2) is 53.4 Å². The van der Waals surface area contributed by atoms with Crippen LogP contribution >= 0.6 is 67.8 Å². The van der Waals surface area contributed by atoms with Gasteiger partial charge in [-0.2, -0.15) is 8.42 Å². The van der Waals surface area contributed by atoms with Gasteiger partial charge in [0, 0.05) is 22.9 Å². The molecule has 1 N–H and O–H groups in total. The van der Waals surface area contributed by atoms with E-state index in [0.717, 1.165) is 15.7 Å². The Labute approximate surface area is 195 Å². The summed E-state index contributed by atoms with van der Waals surface area (Å²) in [4.78, 5) is 23.3. The predicted molar refractivity (Wildman–Crippen MR) is 121 cm³/mol. The molecular formula is C16H9I3O7S. The highest BCUT2D eigenvalue weighted by Gasteiger charge is 2.20. The minimum Gasteiger partial charge on any atom is -0.423 e. The summed E-state index contributed by atoms with van der Waals surface area (Å²) in [7, 11) is -4.39. The van der Waals surface area contributed by atoms with Crippen molar-refractivity contribution in [3.05, 3.63) is 59.3 Å². The Hall–Kier alpha value is -0.780. The first-order chi connectivity index (χ1) is 12.6. The lowest BCUT2D eigenvalue weighted by molar-refractivity contribution is -0.131. The van der Waals surface area contributed by atoms with E-state index in [1.807, 2.05) is 0 Å². The summed E-state index contributed by atoms with van der Waals surface area (Å²) >= 11 is 5.52. The number of ether oxygens (including phenoxy) is 2. The molecule has 0 aliphatic carbocycles. The van der Waals surface area contributed by atoms with E-state index in [9.17, 15) is 22.6 Å². The van der Waals surface area contributed by atoms with Crippen molar-refractivity contribution in [1.29, 1.82) is 0 Å². The highest BCUT2D eigenvalue weighted by atomic mass is 127. The van der Waals surface area contributed by atoms with Gasteiger partial charge in [-0.05, 0) is 104 Å². The molecule has 0 spiro atoms. The number of rotatable bonds is 5. The number of hydrogen-bond acceptors (Lipinski definition) is 6. The molecule has 0 saturated heterocycles. The Morgan fingerprint density at radius 1 is 0.852 bits per heavy atom. The zero-order chi connectivity index (χ0) is 20.2. The second kappa shape index (κ2) is 9.62. The van der Waals surface area contributed by atoms with E-state index < -0.39 is 22.1 Å². The maximum Gasteiger partial charge on any atom is 0.336 e. The number of esters is 2. The number of hydrogen-bond donors (Lipinski definition) is 1. The van der Waals surface area contributed by atoms with Crippen molar-refractivity contribution < 1.29 is 32.0 Å². The molecule has 0 aliphatic rings. The van der Waals surface area contributed by atoms with Crippen molar-refractivity contribution in [3.8, 4) is 11.5 Å². The molecule has 0 amide bonds. The van der Waals surface area contributed by atoms with Crippen LogP contribution in [0.5, 0.6) is 11.5 Å².